The van der Waals surface area contributed by atoms with Crippen LogP contribution in [0.25, 0.3) is 0 Å². The van der Waals surface area contributed by atoms with Crippen LogP contribution >= 0.6 is 0 Å². The van der Waals surface area contributed by atoms with Crippen molar-refractivity contribution < 1.29 is 13.9 Å². The van der Waals surface area contributed by atoms with Crippen LogP contribution in [-0.2, 0) is 10.3 Å². The summed E-state index contributed by atoms with van der Waals surface area (Å²) >= 11 is 0. The smallest absolute Gasteiger partial charge is 0.236 e. The van der Waals surface area contributed by atoms with E-state index in [9.17, 15) is 9.18 Å². The average Bonchev–Trinajstić information content (AvgIpc) is 3.02. The Morgan fingerprint density at radius 3 is 2.76 bits per heavy atom. The topological polar surface area (TPSA) is 81.5 Å². The molecule has 3 fully saturated rings. The molecule has 2 bridgehead atoms. The first-order valence-corrected chi connectivity index (χ1v) is 12.0. The number of nitriles is 1. The molecule has 7 nitrogen and oxygen atoms in total. The van der Waals surface area contributed by atoms with E-state index in [2.05, 4.69) is 28.2 Å². The minimum Gasteiger partial charge on any atom is -0.497 e. The molecule has 0 radical (unpaired) electrons. The van der Waals surface area contributed by atoms with E-state index in [1.165, 1.54) is 6.07 Å². The molecule has 2 aliphatic heterocycles. The molecule has 2 unspecified atom stereocenters. The summed E-state index contributed by atoms with van der Waals surface area (Å²) in [6.07, 6.45) is 5.20. The second-order valence-corrected chi connectivity index (χ2v) is 9.79. The first-order valence-electron chi connectivity index (χ1n) is 12.0. The van der Waals surface area contributed by atoms with Crippen LogP contribution in [-0.4, -0.2) is 54.6 Å². The number of aromatic nitrogens is 1. The number of piperazine rings is 1. The molecule has 1 N–H and O–H groups in total. The Morgan fingerprint density at radius 1 is 1.32 bits per heavy atom. The number of methoxy groups -OCH3 is 1. The molecule has 2 aromatic rings. The number of anilines is 1. The van der Waals surface area contributed by atoms with E-state index in [0.29, 0.717) is 35.9 Å². The van der Waals surface area contributed by atoms with Gasteiger partial charge in [-0.05, 0) is 61.9 Å². The number of fused-ring (bicyclic) bond motifs is 2. The molecule has 1 aromatic heterocycles. The van der Waals surface area contributed by atoms with Gasteiger partial charge in [-0.3, -0.25) is 10.1 Å². The lowest BCUT2D eigenvalue weighted by atomic mass is 9.71. The monoisotopic (exact) mass is 463 g/mol. The number of carbonyl (C=O) groups excluding carboxylic acids is 1. The van der Waals surface area contributed by atoms with Gasteiger partial charge >= 0.3 is 0 Å². The third kappa shape index (κ3) is 3.88. The molecular weight excluding hydrogens is 433 g/mol. The van der Waals surface area contributed by atoms with E-state index >= 15 is 0 Å². The van der Waals surface area contributed by atoms with Crippen LogP contribution in [0.4, 0.5) is 10.2 Å². The number of likely N-dealkylation sites (tertiary alicyclic amines) is 1. The van der Waals surface area contributed by atoms with Gasteiger partial charge in [-0.25, -0.2) is 9.37 Å². The highest BCUT2D eigenvalue weighted by Crippen LogP contribution is 2.43. The molecule has 0 spiro atoms. The van der Waals surface area contributed by atoms with E-state index in [0.717, 1.165) is 31.5 Å². The summed E-state index contributed by atoms with van der Waals surface area (Å²) in [4.78, 5) is 22.0. The van der Waals surface area contributed by atoms with Gasteiger partial charge in [0, 0.05) is 36.4 Å². The quantitative estimate of drug-likeness (QED) is 0.709. The van der Waals surface area contributed by atoms with Gasteiger partial charge < -0.3 is 14.5 Å². The van der Waals surface area contributed by atoms with Crippen molar-refractivity contribution in [2.75, 3.05) is 31.6 Å². The van der Waals surface area contributed by atoms with E-state index in [1.54, 1.807) is 31.5 Å². The maximum Gasteiger partial charge on any atom is 0.236 e. The van der Waals surface area contributed by atoms with Crippen molar-refractivity contribution in [3.05, 3.63) is 53.5 Å². The standard InChI is InChI=1S/C26H30FN5O2/c1-17-10-19-15-31(16-23(17)32(19)24-7-4-18(12-28)13-29-24)25(33)14-30-26(8-3-9-26)21-11-20(34-2)5-6-22(21)27/h4-7,11,13,17,19,23,30H,3,8-10,14-16H2,1-2H3/t17-,19?,23?/m0/s1. The molecule has 5 rings (SSSR count). The number of nitrogens with one attached hydrogen (secondary N) is 1. The number of halogens is 1. The minimum absolute atomic E-state index is 0.0473. The number of pyridine rings is 1. The summed E-state index contributed by atoms with van der Waals surface area (Å²) in [5.74, 6) is 1.71. The molecule has 2 saturated heterocycles. The fraction of sp³-hybridized carbons (Fsp3) is 0.500. The van der Waals surface area contributed by atoms with Gasteiger partial charge in [0.05, 0.1) is 25.3 Å². The molecular formula is C26H30FN5O2. The van der Waals surface area contributed by atoms with Crippen molar-refractivity contribution >= 4 is 11.7 Å². The molecule has 3 heterocycles. The van der Waals surface area contributed by atoms with Crippen molar-refractivity contribution in [3.8, 4) is 11.8 Å². The van der Waals surface area contributed by atoms with Gasteiger partial charge in [0.15, 0.2) is 0 Å². The summed E-state index contributed by atoms with van der Waals surface area (Å²) in [5, 5.41) is 12.5. The van der Waals surface area contributed by atoms with Gasteiger partial charge in [0.2, 0.25) is 5.91 Å². The third-order valence-electron chi connectivity index (χ3n) is 7.86. The lowest BCUT2D eigenvalue weighted by Gasteiger charge is -2.45. The van der Waals surface area contributed by atoms with E-state index in [1.807, 2.05) is 11.0 Å². The van der Waals surface area contributed by atoms with Gasteiger partial charge in [-0.2, -0.15) is 5.26 Å². The molecule has 1 saturated carbocycles. The summed E-state index contributed by atoms with van der Waals surface area (Å²) in [6.45, 7) is 3.69. The number of ether oxygens (including phenoxy) is 1. The molecule has 34 heavy (non-hydrogen) atoms. The molecule has 3 aliphatic rings. The Balaban J connectivity index is 1.27. The number of rotatable bonds is 6. The van der Waals surface area contributed by atoms with Crippen molar-refractivity contribution in [1.29, 1.82) is 5.26 Å². The van der Waals surface area contributed by atoms with Gasteiger partial charge in [0.25, 0.3) is 0 Å². The highest BCUT2D eigenvalue weighted by molar-refractivity contribution is 5.79. The lowest BCUT2D eigenvalue weighted by molar-refractivity contribution is -0.132. The second kappa shape index (κ2) is 8.88. The fourth-order valence-electron chi connectivity index (χ4n) is 5.82. The maximum atomic E-state index is 14.7. The number of hydrogen-bond donors (Lipinski definition) is 1. The highest BCUT2D eigenvalue weighted by atomic mass is 19.1. The van der Waals surface area contributed by atoms with Crippen LogP contribution < -0.4 is 15.0 Å². The number of carbonyl (C=O) groups is 1. The summed E-state index contributed by atoms with van der Waals surface area (Å²) < 4.78 is 20.0. The van der Waals surface area contributed by atoms with Crippen molar-refractivity contribution in [3.63, 3.8) is 0 Å². The van der Waals surface area contributed by atoms with E-state index < -0.39 is 5.54 Å². The summed E-state index contributed by atoms with van der Waals surface area (Å²) in [6, 6.07) is 11.0. The van der Waals surface area contributed by atoms with Crippen molar-refractivity contribution in [1.82, 2.24) is 15.2 Å². The van der Waals surface area contributed by atoms with Crippen LogP contribution in [0.1, 0.15) is 43.7 Å². The first kappa shape index (κ1) is 22.6. The minimum atomic E-state index is -0.519. The second-order valence-electron chi connectivity index (χ2n) is 9.79. The van der Waals surface area contributed by atoms with Gasteiger partial charge in [0.1, 0.15) is 23.5 Å². The first-order chi connectivity index (χ1) is 16.4. The Labute approximate surface area is 199 Å². The van der Waals surface area contributed by atoms with Crippen molar-refractivity contribution in [2.45, 2.75) is 50.2 Å². The van der Waals surface area contributed by atoms with Gasteiger partial charge in [-0.1, -0.05) is 6.92 Å². The Morgan fingerprint density at radius 2 is 2.15 bits per heavy atom. The zero-order chi connectivity index (χ0) is 23.9. The van der Waals surface area contributed by atoms with Crippen LogP contribution in [0, 0.1) is 23.1 Å². The molecule has 8 heteroatoms. The Hall–Kier alpha value is -3.18. The number of hydrogen-bond acceptors (Lipinski definition) is 6. The molecule has 178 valence electrons. The number of amides is 1. The maximum absolute atomic E-state index is 14.7. The molecule has 1 aromatic carbocycles. The van der Waals surface area contributed by atoms with Crippen LogP contribution in [0.5, 0.6) is 5.75 Å². The van der Waals surface area contributed by atoms with E-state index in [4.69, 9.17) is 10.00 Å². The Bertz CT molecular complexity index is 1110. The normalized spacial score (nSPS) is 24.9. The zero-order valence-corrected chi connectivity index (χ0v) is 19.6. The molecule has 1 amide bonds. The molecule has 3 atom stereocenters. The third-order valence-corrected chi connectivity index (χ3v) is 7.86. The average molecular weight is 464 g/mol. The lowest BCUT2D eigenvalue weighted by Crippen LogP contribution is -2.59. The largest absolute Gasteiger partial charge is 0.497 e. The van der Waals surface area contributed by atoms with Crippen LogP contribution in [0.2, 0.25) is 0 Å². The summed E-state index contributed by atoms with van der Waals surface area (Å²) in [5.41, 5.74) is 0.604. The predicted octanol–water partition coefficient (Wildman–Crippen LogP) is 3.20. The number of nitrogens with zero attached hydrogens (tertiary/aromatic N) is 4. The SMILES string of the molecule is COc1ccc(F)c(C2(NCC(=O)N3CC4C[C@H](C)C(C3)N4c3ccc(C#N)cn3)CCC2)c1. The number of benzene rings is 1. The zero-order valence-electron chi connectivity index (χ0n) is 19.6. The highest BCUT2D eigenvalue weighted by Gasteiger charge is 2.46. The summed E-state index contributed by atoms with van der Waals surface area (Å²) in [7, 11) is 1.57. The van der Waals surface area contributed by atoms with Gasteiger partial charge in [-0.15, -0.1) is 0 Å². The van der Waals surface area contributed by atoms with Crippen LogP contribution in [0.15, 0.2) is 36.5 Å². The Kier molecular flexibility index (Phi) is 5.90. The predicted molar refractivity (Wildman–Crippen MR) is 126 cm³/mol. The van der Waals surface area contributed by atoms with Crippen molar-refractivity contribution in [2.24, 2.45) is 5.92 Å². The van der Waals surface area contributed by atoms with E-state index in [-0.39, 0.29) is 30.4 Å². The molecule has 1 aliphatic carbocycles. The fourth-order valence-corrected chi connectivity index (χ4v) is 5.82. The van der Waals surface area contributed by atoms with Crippen LogP contribution in [0.3, 0.4) is 0 Å².